The third-order valence-electron chi connectivity index (χ3n) is 4.19. The summed E-state index contributed by atoms with van der Waals surface area (Å²) in [5.41, 5.74) is 3.19. The number of amides is 2. The second-order valence-corrected chi connectivity index (χ2v) is 6.08. The van der Waals surface area contributed by atoms with Gasteiger partial charge in [-0.05, 0) is 50.3 Å². The lowest BCUT2D eigenvalue weighted by Gasteiger charge is -2.14. The molecule has 6 heteroatoms. The number of carbonyl (C=O) groups is 2. The number of ether oxygens (including phenoxy) is 2. The summed E-state index contributed by atoms with van der Waals surface area (Å²) in [7, 11) is 0. The maximum atomic E-state index is 11.9. The van der Waals surface area contributed by atoms with Crippen LogP contribution >= 0.6 is 0 Å². The molecule has 0 aliphatic carbocycles. The molecule has 0 bridgehead atoms. The van der Waals surface area contributed by atoms with Crippen molar-refractivity contribution in [3.63, 3.8) is 0 Å². The quantitative estimate of drug-likeness (QED) is 0.739. The molecule has 1 unspecified atom stereocenters. The minimum absolute atomic E-state index is 0.0369. The average Bonchev–Trinajstić information content (AvgIpc) is 3.09. The lowest BCUT2D eigenvalue weighted by molar-refractivity contribution is -0.130. The summed E-state index contributed by atoms with van der Waals surface area (Å²) in [5, 5.41) is 5.49. The van der Waals surface area contributed by atoms with E-state index in [1.165, 1.54) is 0 Å². The molecule has 0 radical (unpaired) electrons. The predicted octanol–water partition coefficient (Wildman–Crippen LogP) is 1.40. The molecule has 132 valence electrons. The maximum absolute atomic E-state index is 11.9. The molecule has 1 heterocycles. The van der Waals surface area contributed by atoms with Crippen LogP contribution in [0.4, 0.5) is 0 Å². The Labute approximate surface area is 142 Å². The monoisotopic (exact) mass is 334 g/mol. The van der Waals surface area contributed by atoms with Crippen LogP contribution in [0.5, 0.6) is 5.75 Å². The van der Waals surface area contributed by atoms with E-state index in [0.29, 0.717) is 19.7 Å². The van der Waals surface area contributed by atoms with Crippen molar-refractivity contribution in [3.8, 4) is 5.75 Å². The van der Waals surface area contributed by atoms with E-state index in [2.05, 4.69) is 10.6 Å². The Morgan fingerprint density at radius 1 is 1.17 bits per heavy atom. The fourth-order valence-corrected chi connectivity index (χ4v) is 2.62. The van der Waals surface area contributed by atoms with Gasteiger partial charge in [0.15, 0.2) is 6.61 Å². The summed E-state index contributed by atoms with van der Waals surface area (Å²) < 4.78 is 10.9. The van der Waals surface area contributed by atoms with Gasteiger partial charge in [0.1, 0.15) is 11.9 Å². The van der Waals surface area contributed by atoms with Gasteiger partial charge in [0.2, 0.25) is 5.91 Å². The van der Waals surface area contributed by atoms with Crippen molar-refractivity contribution in [2.24, 2.45) is 0 Å². The normalized spacial score (nSPS) is 16.7. The SMILES string of the molecule is Cc1ccc(C)c(OCC(=O)NCCNC(=O)C2CCCO2)c1C. The highest BCUT2D eigenvalue weighted by atomic mass is 16.5. The minimum atomic E-state index is -0.337. The fourth-order valence-electron chi connectivity index (χ4n) is 2.62. The Kier molecular flexibility index (Phi) is 6.61. The van der Waals surface area contributed by atoms with Crippen molar-refractivity contribution < 1.29 is 19.1 Å². The first-order valence-electron chi connectivity index (χ1n) is 8.34. The first kappa shape index (κ1) is 18.3. The third kappa shape index (κ3) is 4.96. The van der Waals surface area contributed by atoms with Crippen molar-refractivity contribution in [2.75, 3.05) is 26.3 Å². The minimum Gasteiger partial charge on any atom is -0.483 e. The van der Waals surface area contributed by atoms with Crippen LogP contribution in [0.1, 0.15) is 29.5 Å². The zero-order valence-corrected chi connectivity index (χ0v) is 14.6. The second kappa shape index (κ2) is 8.68. The van der Waals surface area contributed by atoms with Crippen LogP contribution in [0.3, 0.4) is 0 Å². The zero-order chi connectivity index (χ0) is 17.5. The predicted molar refractivity (Wildman–Crippen MR) is 91.1 cm³/mol. The number of nitrogens with one attached hydrogen (secondary N) is 2. The fraction of sp³-hybridized carbons (Fsp3) is 0.556. The standard InChI is InChI=1S/C18H26N2O4/c1-12-6-7-13(2)17(14(12)3)24-11-16(21)19-8-9-20-18(22)15-5-4-10-23-15/h6-7,15H,4-5,8-11H2,1-3H3,(H,19,21)(H,20,22). The largest absolute Gasteiger partial charge is 0.483 e. The van der Waals surface area contributed by atoms with E-state index in [1.54, 1.807) is 0 Å². The summed E-state index contributed by atoms with van der Waals surface area (Å²) in [5.74, 6) is 0.447. The molecule has 1 aliphatic heterocycles. The zero-order valence-electron chi connectivity index (χ0n) is 14.6. The molecular formula is C18H26N2O4. The second-order valence-electron chi connectivity index (χ2n) is 6.08. The van der Waals surface area contributed by atoms with Crippen LogP contribution in [0.25, 0.3) is 0 Å². The van der Waals surface area contributed by atoms with E-state index in [1.807, 2.05) is 32.9 Å². The molecule has 0 saturated carbocycles. The number of rotatable bonds is 7. The van der Waals surface area contributed by atoms with E-state index in [4.69, 9.17) is 9.47 Å². The van der Waals surface area contributed by atoms with Gasteiger partial charge in [-0.2, -0.15) is 0 Å². The molecule has 0 spiro atoms. The van der Waals surface area contributed by atoms with Crippen LogP contribution < -0.4 is 15.4 Å². The van der Waals surface area contributed by atoms with Crippen LogP contribution in [0.2, 0.25) is 0 Å². The van der Waals surface area contributed by atoms with Gasteiger partial charge in [-0.25, -0.2) is 0 Å². The van der Waals surface area contributed by atoms with Crippen LogP contribution in [-0.2, 0) is 14.3 Å². The highest BCUT2D eigenvalue weighted by Gasteiger charge is 2.22. The highest BCUT2D eigenvalue weighted by molar-refractivity contribution is 5.81. The van der Waals surface area contributed by atoms with E-state index in [0.717, 1.165) is 35.3 Å². The van der Waals surface area contributed by atoms with E-state index < -0.39 is 0 Å². The van der Waals surface area contributed by atoms with Gasteiger partial charge in [-0.1, -0.05) is 12.1 Å². The number of carbonyl (C=O) groups excluding carboxylic acids is 2. The molecule has 1 aromatic rings. The Hall–Kier alpha value is -2.08. The Balaban J connectivity index is 1.67. The van der Waals surface area contributed by atoms with Crippen molar-refractivity contribution in [2.45, 2.75) is 39.7 Å². The van der Waals surface area contributed by atoms with Gasteiger partial charge >= 0.3 is 0 Å². The number of hydrogen-bond acceptors (Lipinski definition) is 4. The first-order chi connectivity index (χ1) is 11.5. The molecule has 2 amide bonds. The van der Waals surface area contributed by atoms with Gasteiger partial charge in [0.25, 0.3) is 5.91 Å². The highest BCUT2D eigenvalue weighted by Crippen LogP contribution is 2.25. The molecule has 2 rings (SSSR count). The summed E-state index contributed by atoms with van der Waals surface area (Å²) in [6.45, 7) is 7.31. The molecule has 1 atom stereocenters. The van der Waals surface area contributed by atoms with Gasteiger partial charge < -0.3 is 20.1 Å². The molecule has 24 heavy (non-hydrogen) atoms. The van der Waals surface area contributed by atoms with Gasteiger partial charge in [0.05, 0.1) is 0 Å². The van der Waals surface area contributed by atoms with Crippen molar-refractivity contribution in [3.05, 3.63) is 28.8 Å². The molecular weight excluding hydrogens is 308 g/mol. The number of hydrogen-bond donors (Lipinski definition) is 2. The summed E-state index contributed by atoms with van der Waals surface area (Å²) in [4.78, 5) is 23.6. The van der Waals surface area contributed by atoms with Crippen molar-refractivity contribution >= 4 is 11.8 Å². The molecule has 1 aliphatic rings. The summed E-state index contributed by atoms with van der Waals surface area (Å²) in [6.07, 6.45) is 1.35. The molecule has 1 fully saturated rings. The molecule has 2 N–H and O–H groups in total. The topological polar surface area (TPSA) is 76.7 Å². The van der Waals surface area contributed by atoms with Gasteiger partial charge in [0, 0.05) is 19.7 Å². The van der Waals surface area contributed by atoms with Gasteiger partial charge in [-0.15, -0.1) is 0 Å². The first-order valence-corrected chi connectivity index (χ1v) is 8.34. The Bertz CT molecular complexity index is 595. The van der Waals surface area contributed by atoms with E-state index in [9.17, 15) is 9.59 Å². The number of benzene rings is 1. The summed E-state index contributed by atoms with van der Waals surface area (Å²) in [6, 6.07) is 4.02. The summed E-state index contributed by atoms with van der Waals surface area (Å²) >= 11 is 0. The average molecular weight is 334 g/mol. The van der Waals surface area contributed by atoms with Crippen molar-refractivity contribution in [1.82, 2.24) is 10.6 Å². The Morgan fingerprint density at radius 2 is 1.88 bits per heavy atom. The van der Waals surface area contributed by atoms with Crippen molar-refractivity contribution in [1.29, 1.82) is 0 Å². The lowest BCUT2D eigenvalue weighted by Crippen LogP contribution is -2.40. The smallest absolute Gasteiger partial charge is 0.258 e. The van der Waals surface area contributed by atoms with E-state index in [-0.39, 0.29) is 24.5 Å². The molecule has 6 nitrogen and oxygen atoms in total. The van der Waals surface area contributed by atoms with Crippen LogP contribution in [-0.4, -0.2) is 44.2 Å². The number of aryl methyl sites for hydroxylation is 2. The third-order valence-corrected chi connectivity index (χ3v) is 4.19. The lowest BCUT2D eigenvalue weighted by atomic mass is 10.1. The maximum Gasteiger partial charge on any atom is 0.258 e. The van der Waals surface area contributed by atoms with Crippen LogP contribution in [0, 0.1) is 20.8 Å². The molecule has 0 aromatic heterocycles. The van der Waals surface area contributed by atoms with Gasteiger partial charge in [-0.3, -0.25) is 9.59 Å². The molecule has 1 saturated heterocycles. The van der Waals surface area contributed by atoms with E-state index >= 15 is 0 Å². The Morgan fingerprint density at radius 3 is 2.58 bits per heavy atom. The van der Waals surface area contributed by atoms with Crippen LogP contribution in [0.15, 0.2) is 12.1 Å². The molecule has 1 aromatic carbocycles.